The van der Waals surface area contributed by atoms with Crippen molar-refractivity contribution in [2.24, 2.45) is 5.73 Å². The zero-order valence-electron chi connectivity index (χ0n) is 19.9. The quantitative estimate of drug-likeness (QED) is 0.325. The zero-order valence-corrected chi connectivity index (χ0v) is 19.9. The van der Waals surface area contributed by atoms with Gasteiger partial charge in [0.15, 0.2) is 5.78 Å². The Labute approximate surface area is 189 Å². The van der Waals surface area contributed by atoms with E-state index in [1.807, 2.05) is 0 Å². The highest BCUT2D eigenvalue weighted by Gasteiger charge is 2.22. The van der Waals surface area contributed by atoms with Gasteiger partial charge < -0.3 is 30.2 Å². The van der Waals surface area contributed by atoms with Gasteiger partial charge in [0.05, 0.1) is 32.7 Å². The van der Waals surface area contributed by atoms with E-state index < -0.39 is 23.6 Å². The van der Waals surface area contributed by atoms with Gasteiger partial charge in [-0.05, 0) is 0 Å². The number of nitrogens with zero attached hydrogens (tertiary/aromatic N) is 5. The van der Waals surface area contributed by atoms with Gasteiger partial charge >= 0.3 is 0 Å². The van der Waals surface area contributed by atoms with Crippen molar-refractivity contribution in [2.45, 2.75) is 19.8 Å². The molecule has 32 heavy (non-hydrogen) atoms. The van der Waals surface area contributed by atoms with Crippen LogP contribution >= 0.6 is 0 Å². The van der Waals surface area contributed by atoms with Gasteiger partial charge in [-0.1, -0.05) is 6.92 Å². The lowest BCUT2D eigenvalue weighted by molar-refractivity contribution is -0.145. The number of amides is 5. The lowest BCUT2D eigenvalue weighted by Gasteiger charge is -2.26. The topological polar surface area (TPSA) is 145 Å². The molecule has 0 aliphatic heterocycles. The molecule has 5 amide bonds. The first-order chi connectivity index (χ1) is 14.8. The predicted octanol–water partition coefficient (Wildman–Crippen LogP) is -2.39. The van der Waals surface area contributed by atoms with Crippen LogP contribution in [0.1, 0.15) is 19.8 Å². The third-order valence-corrected chi connectivity index (χ3v) is 4.78. The molecule has 0 aliphatic carbocycles. The van der Waals surface area contributed by atoms with Gasteiger partial charge in [-0.3, -0.25) is 28.8 Å². The molecule has 12 heteroatoms. The molecule has 0 radical (unpaired) electrons. The Morgan fingerprint density at radius 1 is 0.531 bits per heavy atom. The molecule has 182 valence electrons. The Morgan fingerprint density at radius 2 is 0.812 bits per heavy atom. The Morgan fingerprint density at radius 3 is 1.09 bits per heavy atom. The van der Waals surface area contributed by atoms with E-state index in [4.69, 9.17) is 5.73 Å². The molecule has 0 fully saturated rings. The maximum absolute atomic E-state index is 12.4. The van der Waals surface area contributed by atoms with Crippen molar-refractivity contribution in [3.63, 3.8) is 0 Å². The smallest absolute Gasteiger partial charge is 0.242 e. The average Bonchev–Trinajstić information content (AvgIpc) is 2.72. The van der Waals surface area contributed by atoms with Crippen LogP contribution in [0.25, 0.3) is 0 Å². The van der Waals surface area contributed by atoms with E-state index in [0.717, 1.165) is 4.90 Å². The molecule has 0 saturated heterocycles. The van der Waals surface area contributed by atoms with E-state index in [1.54, 1.807) is 6.92 Å². The van der Waals surface area contributed by atoms with Crippen molar-refractivity contribution in [1.29, 1.82) is 0 Å². The molecule has 0 spiro atoms. The van der Waals surface area contributed by atoms with Gasteiger partial charge in [-0.15, -0.1) is 0 Å². The summed E-state index contributed by atoms with van der Waals surface area (Å²) >= 11 is 0. The van der Waals surface area contributed by atoms with Gasteiger partial charge in [0.2, 0.25) is 29.5 Å². The zero-order chi connectivity index (χ0) is 25.0. The minimum Gasteiger partial charge on any atom is -0.337 e. The summed E-state index contributed by atoms with van der Waals surface area (Å²) in [5.74, 6) is -2.13. The fraction of sp³-hybridized carbons (Fsp3) is 0.700. The monoisotopic (exact) mass is 456 g/mol. The Bertz CT molecular complexity index is 713. The van der Waals surface area contributed by atoms with Crippen molar-refractivity contribution < 1.29 is 28.8 Å². The molecule has 0 saturated carbocycles. The number of likely N-dealkylation sites (N-methyl/N-ethyl adjacent to an activating group) is 5. The van der Waals surface area contributed by atoms with Crippen molar-refractivity contribution in [3.05, 3.63) is 0 Å². The van der Waals surface area contributed by atoms with Crippen LogP contribution in [0.4, 0.5) is 0 Å². The fourth-order valence-corrected chi connectivity index (χ4v) is 2.43. The summed E-state index contributed by atoms with van der Waals surface area (Å²) < 4.78 is 0. The Kier molecular flexibility index (Phi) is 12.8. The summed E-state index contributed by atoms with van der Waals surface area (Å²) in [5.41, 5.74) is 5.33. The number of nitrogens with two attached hydrogens (primary N) is 1. The standard InChI is InChI=1S/C20H36N6O6/c1-7-15(27)10-22(2)17(29)12-24(4)19(31)14-26(6)20(32)13-25(5)18(30)11-23(3)16(28)8-9-21/h7-14,21H2,1-6H3. The molecular weight excluding hydrogens is 420 g/mol. The summed E-state index contributed by atoms with van der Waals surface area (Å²) in [6, 6.07) is 0. The van der Waals surface area contributed by atoms with Gasteiger partial charge in [-0.25, -0.2) is 0 Å². The van der Waals surface area contributed by atoms with Crippen LogP contribution in [-0.2, 0) is 28.8 Å². The maximum atomic E-state index is 12.4. The van der Waals surface area contributed by atoms with Gasteiger partial charge in [0, 0.05) is 54.6 Å². The third-order valence-electron chi connectivity index (χ3n) is 4.78. The van der Waals surface area contributed by atoms with Gasteiger partial charge in [-0.2, -0.15) is 0 Å². The first kappa shape index (κ1) is 29.0. The molecule has 0 unspecified atom stereocenters. The normalized spacial score (nSPS) is 10.2. The predicted molar refractivity (Wildman–Crippen MR) is 117 cm³/mol. The van der Waals surface area contributed by atoms with Crippen molar-refractivity contribution in [3.8, 4) is 0 Å². The molecule has 0 atom stereocenters. The summed E-state index contributed by atoms with van der Waals surface area (Å²) in [4.78, 5) is 78.3. The van der Waals surface area contributed by atoms with Crippen LogP contribution in [-0.4, -0.2) is 134 Å². The highest BCUT2D eigenvalue weighted by molar-refractivity contribution is 5.91. The lowest BCUT2D eigenvalue weighted by atomic mass is 10.3. The van der Waals surface area contributed by atoms with Gasteiger partial charge in [0.1, 0.15) is 0 Å². The van der Waals surface area contributed by atoms with Crippen LogP contribution in [0.3, 0.4) is 0 Å². The highest BCUT2D eigenvalue weighted by atomic mass is 16.2. The number of carbonyl (C=O) groups is 6. The van der Waals surface area contributed by atoms with Gasteiger partial charge in [0.25, 0.3) is 0 Å². The van der Waals surface area contributed by atoms with Crippen LogP contribution in [0, 0.1) is 0 Å². The summed E-state index contributed by atoms with van der Waals surface area (Å²) in [6.07, 6.45) is 0.439. The van der Waals surface area contributed by atoms with E-state index in [1.165, 1.54) is 54.8 Å². The van der Waals surface area contributed by atoms with Crippen molar-refractivity contribution >= 4 is 35.3 Å². The summed E-state index contributed by atoms with van der Waals surface area (Å²) in [7, 11) is 7.23. The molecule has 0 aromatic carbocycles. The molecule has 0 heterocycles. The first-order valence-corrected chi connectivity index (χ1v) is 10.3. The largest absolute Gasteiger partial charge is 0.337 e. The van der Waals surface area contributed by atoms with E-state index in [9.17, 15) is 28.8 Å². The molecule has 12 nitrogen and oxygen atoms in total. The van der Waals surface area contributed by atoms with E-state index in [0.29, 0.717) is 6.42 Å². The number of hydrogen-bond donors (Lipinski definition) is 1. The Hall–Kier alpha value is -3.02. The number of Topliss-reactive ketones (excluding diaryl/α,β-unsaturated/α-hetero) is 1. The number of rotatable bonds is 13. The lowest BCUT2D eigenvalue weighted by Crippen LogP contribution is -2.47. The molecular formula is C20H36N6O6. The van der Waals surface area contributed by atoms with Crippen LogP contribution < -0.4 is 5.73 Å². The highest BCUT2D eigenvalue weighted by Crippen LogP contribution is 1.98. The minimum atomic E-state index is -0.476. The SMILES string of the molecule is CCC(=O)CN(C)C(=O)CN(C)C(=O)CN(C)C(=O)CN(C)C(=O)CN(C)C(=O)CCN. The molecule has 0 aromatic heterocycles. The van der Waals surface area contributed by atoms with Crippen LogP contribution in [0.2, 0.25) is 0 Å². The second-order valence-corrected chi connectivity index (χ2v) is 7.68. The van der Waals surface area contributed by atoms with E-state index >= 15 is 0 Å². The summed E-state index contributed by atoms with van der Waals surface area (Å²) in [6.45, 7) is 0.887. The maximum Gasteiger partial charge on any atom is 0.242 e. The van der Waals surface area contributed by atoms with Crippen molar-refractivity contribution in [2.75, 3.05) is 74.5 Å². The third kappa shape index (κ3) is 10.3. The van der Waals surface area contributed by atoms with Crippen LogP contribution in [0.15, 0.2) is 0 Å². The number of carbonyl (C=O) groups excluding carboxylic acids is 6. The molecule has 0 aliphatic rings. The second kappa shape index (κ2) is 14.1. The fourth-order valence-electron chi connectivity index (χ4n) is 2.43. The molecule has 0 aromatic rings. The van der Waals surface area contributed by atoms with Crippen molar-refractivity contribution in [1.82, 2.24) is 24.5 Å². The minimum absolute atomic E-state index is 0.0247. The molecule has 2 N–H and O–H groups in total. The Balaban J connectivity index is 4.62. The van der Waals surface area contributed by atoms with Crippen LogP contribution in [0.5, 0.6) is 0 Å². The molecule has 0 bridgehead atoms. The average molecular weight is 457 g/mol. The second-order valence-electron chi connectivity index (χ2n) is 7.68. The number of ketones is 1. The van der Waals surface area contributed by atoms with E-state index in [-0.39, 0.29) is 57.4 Å². The van der Waals surface area contributed by atoms with E-state index in [2.05, 4.69) is 0 Å². The number of hydrogen-bond acceptors (Lipinski definition) is 7. The molecule has 0 rings (SSSR count). The summed E-state index contributed by atoms with van der Waals surface area (Å²) in [5, 5.41) is 0. The first-order valence-electron chi connectivity index (χ1n) is 10.3.